The molecule has 1 saturated heterocycles. The second kappa shape index (κ2) is 4.09. The standard InChI is InChI=1S/C12H16FN/c1-9-7-14-8-11(9)6-10-2-4-12(13)5-3-10/h2-5,9,11,14H,6-8H2,1H3/t9-,11-/m1/s1. The fraction of sp³-hybridized carbons (Fsp3) is 0.500. The third-order valence-corrected chi connectivity index (χ3v) is 3.09. The maximum atomic E-state index is 12.7. The van der Waals surface area contributed by atoms with Crippen molar-refractivity contribution in [1.82, 2.24) is 5.32 Å². The SMILES string of the molecule is C[C@@H]1CNC[C@H]1Cc1ccc(F)cc1. The van der Waals surface area contributed by atoms with Crippen LogP contribution in [0.15, 0.2) is 24.3 Å². The van der Waals surface area contributed by atoms with Crippen LogP contribution in [-0.4, -0.2) is 13.1 Å². The van der Waals surface area contributed by atoms with Crippen LogP contribution in [-0.2, 0) is 6.42 Å². The molecule has 0 spiro atoms. The van der Waals surface area contributed by atoms with E-state index >= 15 is 0 Å². The van der Waals surface area contributed by atoms with Gasteiger partial charge in [-0.15, -0.1) is 0 Å². The molecule has 76 valence electrons. The Morgan fingerprint density at radius 2 is 2.00 bits per heavy atom. The molecule has 0 aliphatic carbocycles. The maximum Gasteiger partial charge on any atom is 0.123 e. The molecule has 1 heterocycles. The van der Waals surface area contributed by atoms with E-state index < -0.39 is 0 Å². The van der Waals surface area contributed by atoms with Gasteiger partial charge in [-0.05, 0) is 49.0 Å². The van der Waals surface area contributed by atoms with Gasteiger partial charge in [0.05, 0.1) is 0 Å². The van der Waals surface area contributed by atoms with E-state index in [0.717, 1.165) is 25.4 Å². The van der Waals surface area contributed by atoms with Crippen LogP contribution >= 0.6 is 0 Å². The molecule has 1 aromatic carbocycles. The number of rotatable bonds is 2. The highest BCUT2D eigenvalue weighted by atomic mass is 19.1. The van der Waals surface area contributed by atoms with Crippen molar-refractivity contribution < 1.29 is 4.39 Å². The molecule has 1 N–H and O–H groups in total. The van der Waals surface area contributed by atoms with E-state index in [1.54, 1.807) is 12.1 Å². The van der Waals surface area contributed by atoms with Crippen LogP contribution in [0.2, 0.25) is 0 Å². The smallest absolute Gasteiger partial charge is 0.123 e. The monoisotopic (exact) mass is 193 g/mol. The second-order valence-electron chi connectivity index (χ2n) is 4.23. The molecule has 2 atom stereocenters. The molecule has 14 heavy (non-hydrogen) atoms. The van der Waals surface area contributed by atoms with Gasteiger partial charge >= 0.3 is 0 Å². The molecular formula is C12H16FN. The molecule has 2 rings (SSSR count). The van der Waals surface area contributed by atoms with Crippen molar-refractivity contribution in [2.24, 2.45) is 11.8 Å². The zero-order chi connectivity index (χ0) is 9.97. The Bertz CT molecular complexity index is 294. The summed E-state index contributed by atoms with van der Waals surface area (Å²) in [4.78, 5) is 0. The first kappa shape index (κ1) is 9.66. The molecule has 0 radical (unpaired) electrons. The minimum atomic E-state index is -0.147. The third kappa shape index (κ3) is 2.13. The van der Waals surface area contributed by atoms with E-state index in [1.165, 1.54) is 5.56 Å². The van der Waals surface area contributed by atoms with Crippen molar-refractivity contribution in [3.05, 3.63) is 35.6 Å². The highest BCUT2D eigenvalue weighted by Gasteiger charge is 2.22. The molecular weight excluding hydrogens is 177 g/mol. The van der Waals surface area contributed by atoms with E-state index in [4.69, 9.17) is 0 Å². The molecule has 1 nitrogen and oxygen atoms in total. The average Bonchev–Trinajstić information content (AvgIpc) is 2.56. The quantitative estimate of drug-likeness (QED) is 0.759. The van der Waals surface area contributed by atoms with E-state index in [-0.39, 0.29) is 5.82 Å². The average molecular weight is 193 g/mol. The third-order valence-electron chi connectivity index (χ3n) is 3.09. The fourth-order valence-electron chi connectivity index (χ4n) is 2.06. The van der Waals surface area contributed by atoms with Crippen LogP contribution in [0.3, 0.4) is 0 Å². The van der Waals surface area contributed by atoms with Gasteiger partial charge in [0.1, 0.15) is 5.82 Å². The normalized spacial score (nSPS) is 26.7. The maximum absolute atomic E-state index is 12.7. The lowest BCUT2D eigenvalue weighted by atomic mass is 9.91. The topological polar surface area (TPSA) is 12.0 Å². The first-order valence-corrected chi connectivity index (χ1v) is 5.21. The van der Waals surface area contributed by atoms with Gasteiger partial charge in [0.15, 0.2) is 0 Å². The molecule has 1 fully saturated rings. The number of hydrogen-bond donors (Lipinski definition) is 1. The van der Waals surface area contributed by atoms with Crippen LogP contribution in [0.25, 0.3) is 0 Å². The lowest BCUT2D eigenvalue weighted by Gasteiger charge is -2.13. The highest BCUT2D eigenvalue weighted by molar-refractivity contribution is 5.17. The van der Waals surface area contributed by atoms with Gasteiger partial charge in [0.25, 0.3) is 0 Å². The molecule has 0 unspecified atom stereocenters. The summed E-state index contributed by atoms with van der Waals surface area (Å²) in [5.74, 6) is 1.30. The Morgan fingerprint density at radius 1 is 1.29 bits per heavy atom. The fourth-order valence-corrected chi connectivity index (χ4v) is 2.06. The first-order valence-electron chi connectivity index (χ1n) is 5.21. The summed E-state index contributed by atoms with van der Waals surface area (Å²) < 4.78 is 12.7. The molecule has 1 aromatic rings. The number of nitrogens with one attached hydrogen (secondary N) is 1. The van der Waals surface area contributed by atoms with Crippen molar-refractivity contribution in [1.29, 1.82) is 0 Å². The molecule has 2 heteroatoms. The van der Waals surface area contributed by atoms with E-state index in [0.29, 0.717) is 5.92 Å². The zero-order valence-corrected chi connectivity index (χ0v) is 8.46. The Balaban J connectivity index is 2.00. The van der Waals surface area contributed by atoms with Crippen LogP contribution in [0.1, 0.15) is 12.5 Å². The predicted octanol–water partition coefficient (Wildman–Crippen LogP) is 2.22. The Labute approximate surface area is 84.3 Å². The highest BCUT2D eigenvalue weighted by Crippen LogP contribution is 2.20. The molecule has 0 saturated carbocycles. The van der Waals surface area contributed by atoms with Crippen LogP contribution in [0.4, 0.5) is 4.39 Å². The minimum absolute atomic E-state index is 0.147. The summed E-state index contributed by atoms with van der Waals surface area (Å²) in [6.45, 7) is 4.48. The second-order valence-corrected chi connectivity index (χ2v) is 4.23. The van der Waals surface area contributed by atoms with Gasteiger partial charge in [-0.1, -0.05) is 19.1 Å². The molecule has 1 aliphatic rings. The van der Waals surface area contributed by atoms with Crippen molar-refractivity contribution in [2.45, 2.75) is 13.3 Å². The van der Waals surface area contributed by atoms with Crippen molar-refractivity contribution in [2.75, 3.05) is 13.1 Å². The Hall–Kier alpha value is -0.890. The summed E-state index contributed by atoms with van der Waals surface area (Å²) >= 11 is 0. The minimum Gasteiger partial charge on any atom is -0.316 e. The summed E-state index contributed by atoms with van der Waals surface area (Å²) in [5.41, 5.74) is 1.24. The van der Waals surface area contributed by atoms with Gasteiger partial charge in [-0.3, -0.25) is 0 Å². The first-order chi connectivity index (χ1) is 6.75. The molecule has 0 bridgehead atoms. The number of hydrogen-bond acceptors (Lipinski definition) is 1. The predicted molar refractivity (Wildman–Crippen MR) is 55.6 cm³/mol. The van der Waals surface area contributed by atoms with Crippen molar-refractivity contribution in [3.8, 4) is 0 Å². The molecule has 0 amide bonds. The van der Waals surface area contributed by atoms with Crippen LogP contribution < -0.4 is 5.32 Å². The lowest BCUT2D eigenvalue weighted by molar-refractivity contribution is 0.450. The largest absolute Gasteiger partial charge is 0.316 e. The lowest BCUT2D eigenvalue weighted by Crippen LogP contribution is -2.12. The van der Waals surface area contributed by atoms with Crippen LogP contribution in [0.5, 0.6) is 0 Å². The van der Waals surface area contributed by atoms with Crippen molar-refractivity contribution in [3.63, 3.8) is 0 Å². The van der Waals surface area contributed by atoms with Gasteiger partial charge < -0.3 is 5.32 Å². The Morgan fingerprint density at radius 3 is 2.57 bits per heavy atom. The Kier molecular flexibility index (Phi) is 2.82. The molecule has 1 aliphatic heterocycles. The van der Waals surface area contributed by atoms with Gasteiger partial charge in [0, 0.05) is 0 Å². The van der Waals surface area contributed by atoms with Crippen LogP contribution in [0, 0.1) is 17.7 Å². The van der Waals surface area contributed by atoms with E-state index in [9.17, 15) is 4.39 Å². The van der Waals surface area contributed by atoms with Gasteiger partial charge in [-0.25, -0.2) is 4.39 Å². The zero-order valence-electron chi connectivity index (χ0n) is 8.46. The van der Waals surface area contributed by atoms with Gasteiger partial charge in [-0.2, -0.15) is 0 Å². The van der Waals surface area contributed by atoms with Gasteiger partial charge in [0.2, 0.25) is 0 Å². The van der Waals surface area contributed by atoms with E-state index in [1.807, 2.05) is 12.1 Å². The summed E-state index contributed by atoms with van der Waals surface area (Å²) in [7, 11) is 0. The van der Waals surface area contributed by atoms with Crippen molar-refractivity contribution >= 4 is 0 Å². The summed E-state index contributed by atoms with van der Waals surface area (Å²) in [6, 6.07) is 6.87. The summed E-state index contributed by atoms with van der Waals surface area (Å²) in [5, 5.41) is 3.38. The van der Waals surface area contributed by atoms with E-state index in [2.05, 4.69) is 12.2 Å². The molecule has 0 aromatic heterocycles. The number of benzene rings is 1. The summed E-state index contributed by atoms with van der Waals surface area (Å²) in [6.07, 6.45) is 1.06. The number of halogens is 1.